The van der Waals surface area contributed by atoms with Gasteiger partial charge in [-0.3, -0.25) is 14.3 Å². The number of ether oxygens (including phenoxy) is 2. The number of fused-ring (bicyclic) bond motifs is 1. The molecule has 0 aliphatic heterocycles. The van der Waals surface area contributed by atoms with E-state index in [0.717, 1.165) is 0 Å². The van der Waals surface area contributed by atoms with E-state index in [-0.39, 0.29) is 30.3 Å². The smallest absolute Gasteiger partial charge is 0.280 e. The Labute approximate surface area is 119 Å². The van der Waals surface area contributed by atoms with Gasteiger partial charge in [0.15, 0.2) is 17.4 Å². The Hall–Kier alpha value is -2.01. The van der Waals surface area contributed by atoms with Gasteiger partial charge in [-0.15, -0.1) is 0 Å². The highest BCUT2D eigenvalue weighted by Gasteiger charge is 2.21. The first kappa shape index (κ1) is 15.4. The first-order chi connectivity index (χ1) is 10.1. The number of hydrogen-bond acceptors (Lipinski definition) is 8. The van der Waals surface area contributed by atoms with Crippen LogP contribution in [-0.4, -0.2) is 62.8 Å². The zero-order valence-corrected chi connectivity index (χ0v) is 11.4. The number of nitrogens with two attached hydrogens (primary N) is 1. The van der Waals surface area contributed by atoms with Crippen molar-refractivity contribution in [2.45, 2.75) is 12.3 Å². The van der Waals surface area contributed by atoms with Gasteiger partial charge < -0.3 is 25.4 Å². The van der Waals surface area contributed by atoms with Crippen LogP contribution in [-0.2, 0) is 9.47 Å². The maximum Gasteiger partial charge on any atom is 0.280 e. The van der Waals surface area contributed by atoms with Crippen LogP contribution in [0.15, 0.2) is 11.1 Å². The van der Waals surface area contributed by atoms with Gasteiger partial charge >= 0.3 is 0 Å². The molecule has 0 radical (unpaired) electrons. The SMILES string of the molecule is COC[C@@H](CO)O[C@H](CO)n1cnc2c(=O)[nH]c(N)nc21. The monoisotopic (exact) mass is 299 g/mol. The fourth-order valence-corrected chi connectivity index (χ4v) is 1.89. The fourth-order valence-electron chi connectivity index (χ4n) is 1.89. The number of aliphatic hydroxyl groups excluding tert-OH is 2. The van der Waals surface area contributed by atoms with Crippen molar-refractivity contribution in [2.24, 2.45) is 0 Å². The van der Waals surface area contributed by atoms with Crippen LogP contribution in [0, 0.1) is 0 Å². The zero-order chi connectivity index (χ0) is 15.4. The average molecular weight is 299 g/mol. The van der Waals surface area contributed by atoms with Gasteiger partial charge in [-0.1, -0.05) is 0 Å². The van der Waals surface area contributed by atoms with E-state index < -0.39 is 24.5 Å². The second kappa shape index (κ2) is 6.63. The maximum atomic E-state index is 11.7. The van der Waals surface area contributed by atoms with Crippen LogP contribution < -0.4 is 11.3 Å². The van der Waals surface area contributed by atoms with Crippen molar-refractivity contribution in [1.82, 2.24) is 19.5 Å². The largest absolute Gasteiger partial charge is 0.394 e. The van der Waals surface area contributed by atoms with Crippen molar-refractivity contribution in [2.75, 3.05) is 32.7 Å². The molecule has 10 nitrogen and oxygen atoms in total. The number of hydrogen-bond donors (Lipinski definition) is 4. The predicted molar refractivity (Wildman–Crippen MR) is 72.5 cm³/mol. The predicted octanol–water partition coefficient (Wildman–Crippen LogP) is -1.78. The maximum absolute atomic E-state index is 11.7. The number of methoxy groups -OCH3 is 1. The number of imidazole rings is 1. The lowest BCUT2D eigenvalue weighted by molar-refractivity contribution is -0.115. The summed E-state index contributed by atoms with van der Waals surface area (Å²) in [5.41, 5.74) is 5.28. The third-order valence-corrected chi connectivity index (χ3v) is 2.82. The highest BCUT2D eigenvalue weighted by molar-refractivity contribution is 5.70. The van der Waals surface area contributed by atoms with E-state index in [9.17, 15) is 15.0 Å². The lowest BCUT2D eigenvalue weighted by atomic mass is 10.4. The summed E-state index contributed by atoms with van der Waals surface area (Å²) >= 11 is 0. The molecule has 0 aliphatic rings. The second-order valence-corrected chi connectivity index (χ2v) is 4.31. The number of nitrogens with zero attached hydrogens (tertiary/aromatic N) is 3. The molecule has 0 saturated heterocycles. The van der Waals surface area contributed by atoms with E-state index in [1.807, 2.05) is 0 Å². The van der Waals surface area contributed by atoms with Gasteiger partial charge in [-0.05, 0) is 0 Å². The summed E-state index contributed by atoms with van der Waals surface area (Å²) in [4.78, 5) is 21.9. The van der Waals surface area contributed by atoms with Crippen LogP contribution in [0.4, 0.5) is 5.95 Å². The number of H-pyrrole nitrogens is 1. The molecule has 2 rings (SSSR count). The molecule has 21 heavy (non-hydrogen) atoms. The third-order valence-electron chi connectivity index (χ3n) is 2.82. The molecule has 2 atom stereocenters. The number of aliphatic hydroxyl groups is 2. The lowest BCUT2D eigenvalue weighted by Gasteiger charge is -2.22. The highest BCUT2D eigenvalue weighted by atomic mass is 16.6. The zero-order valence-electron chi connectivity index (χ0n) is 11.4. The average Bonchev–Trinajstić information content (AvgIpc) is 2.87. The second-order valence-electron chi connectivity index (χ2n) is 4.31. The van der Waals surface area contributed by atoms with E-state index in [2.05, 4.69) is 15.0 Å². The van der Waals surface area contributed by atoms with Crippen molar-refractivity contribution >= 4 is 17.1 Å². The Bertz CT molecular complexity index is 654. The Morgan fingerprint density at radius 3 is 2.86 bits per heavy atom. The van der Waals surface area contributed by atoms with Crippen LogP contribution in [0.5, 0.6) is 0 Å². The van der Waals surface area contributed by atoms with Crippen LogP contribution >= 0.6 is 0 Å². The van der Waals surface area contributed by atoms with E-state index in [0.29, 0.717) is 0 Å². The Morgan fingerprint density at radius 2 is 2.24 bits per heavy atom. The quantitative estimate of drug-likeness (QED) is 0.468. The molecule has 0 aromatic carbocycles. The summed E-state index contributed by atoms with van der Waals surface area (Å²) in [6.45, 7) is -0.539. The lowest BCUT2D eigenvalue weighted by Crippen LogP contribution is -2.29. The van der Waals surface area contributed by atoms with Crippen LogP contribution in [0.1, 0.15) is 6.23 Å². The number of nitrogen functional groups attached to an aromatic ring is 1. The van der Waals surface area contributed by atoms with Gasteiger partial charge in [0, 0.05) is 7.11 Å². The molecule has 10 heteroatoms. The molecule has 0 aliphatic carbocycles. The van der Waals surface area contributed by atoms with Crippen LogP contribution in [0.2, 0.25) is 0 Å². The molecule has 0 amide bonds. The molecule has 0 bridgehead atoms. The van der Waals surface area contributed by atoms with Crippen molar-refractivity contribution in [3.63, 3.8) is 0 Å². The minimum absolute atomic E-state index is 0.0680. The standard InChI is InChI=1S/C11H17N5O5/c1-20-4-6(2-17)21-7(3-18)16-5-13-8-9(16)14-11(12)15-10(8)19/h5-7,17-18H,2-4H2,1H3,(H3,12,14,15,19)/t6-,7-/m1/s1. The number of anilines is 1. The minimum atomic E-state index is -0.879. The molecule has 0 saturated carbocycles. The molecule has 2 heterocycles. The van der Waals surface area contributed by atoms with Crippen LogP contribution in [0.3, 0.4) is 0 Å². The molecule has 116 valence electrons. The number of aromatic nitrogens is 4. The Morgan fingerprint density at radius 1 is 1.48 bits per heavy atom. The fraction of sp³-hybridized carbons (Fsp3) is 0.545. The summed E-state index contributed by atoms with van der Waals surface area (Å²) in [7, 11) is 1.47. The van der Waals surface area contributed by atoms with Gasteiger partial charge in [0.1, 0.15) is 6.10 Å². The van der Waals surface area contributed by atoms with Gasteiger partial charge in [0.05, 0.1) is 26.1 Å². The summed E-state index contributed by atoms with van der Waals surface area (Å²) in [5.74, 6) is -0.0680. The Balaban J connectivity index is 2.36. The van der Waals surface area contributed by atoms with Gasteiger partial charge in [0.2, 0.25) is 5.95 Å². The first-order valence-corrected chi connectivity index (χ1v) is 6.19. The minimum Gasteiger partial charge on any atom is -0.394 e. The molecule has 2 aromatic heterocycles. The topological polar surface area (TPSA) is 149 Å². The summed E-state index contributed by atoms with van der Waals surface area (Å²) in [5, 5.41) is 18.7. The Kier molecular flexibility index (Phi) is 4.85. The molecular formula is C11H17N5O5. The molecule has 2 aromatic rings. The number of aromatic amines is 1. The van der Waals surface area contributed by atoms with Crippen molar-refractivity contribution < 1.29 is 19.7 Å². The third kappa shape index (κ3) is 3.19. The van der Waals surface area contributed by atoms with Crippen molar-refractivity contribution in [3.8, 4) is 0 Å². The van der Waals surface area contributed by atoms with E-state index in [1.165, 1.54) is 18.0 Å². The highest BCUT2D eigenvalue weighted by Crippen LogP contribution is 2.16. The number of rotatable bonds is 7. The van der Waals surface area contributed by atoms with Gasteiger partial charge in [-0.2, -0.15) is 4.98 Å². The van der Waals surface area contributed by atoms with Gasteiger partial charge in [0.25, 0.3) is 5.56 Å². The normalized spacial score (nSPS) is 14.4. The van der Waals surface area contributed by atoms with Crippen molar-refractivity contribution in [1.29, 1.82) is 0 Å². The molecule has 0 fully saturated rings. The molecule has 0 spiro atoms. The van der Waals surface area contributed by atoms with Crippen LogP contribution in [0.25, 0.3) is 11.2 Å². The first-order valence-electron chi connectivity index (χ1n) is 6.19. The molecular weight excluding hydrogens is 282 g/mol. The summed E-state index contributed by atoms with van der Waals surface area (Å²) < 4.78 is 11.8. The molecule has 0 unspecified atom stereocenters. The van der Waals surface area contributed by atoms with E-state index >= 15 is 0 Å². The molecule has 5 N–H and O–H groups in total. The summed E-state index contributed by atoms with van der Waals surface area (Å²) in [6.07, 6.45) is -0.200. The van der Waals surface area contributed by atoms with Gasteiger partial charge in [-0.25, -0.2) is 4.98 Å². The van der Waals surface area contributed by atoms with E-state index in [1.54, 1.807) is 0 Å². The van der Waals surface area contributed by atoms with Crippen molar-refractivity contribution in [3.05, 3.63) is 16.7 Å². The number of nitrogens with one attached hydrogen (secondary N) is 1. The summed E-state index contributed by atoms with van der Waals surface area (Å²) in [6, 6.07) is 0. The van der Waals surface area contributed by atoms with E-state index in [4.69, 9.17) is 15.2 Å².